The Morgan fingerprint density at radius 2 is 2.21 bits per heavy atom. The van der Waals surface area contributed by atoms with E-state index in [0.29, 0.717) is 24.5 Å². The van der Waals surface area contributed by atoms with Crippen LogP contribution in [-0.2, 0) is 4.79 Å². The van der Waals surface area contributed by atoms with E-state index in [1.165, 1.54) is 4.90 Å². The molecule has 0 radical (unpaired) electrons. The molecule has 2 heterocycles. The number of rotatable bonds is 3. The van der Waals surface area contributed by atoms with Gasteiger partial charge in [0.1, 0.15) is 5.82 Å². The number of anilines is 1. The number of carbonyl (C=O) groups is 2. The second-order valence-corrected chi connectivity index (χ2v) is 4.69. The number of piperidine rings is 1. The molecule has 2 rings (SSSR count). The molecule has 7 nitrogen and oxygen atoms in total. The third-order valence-corrected chi connectivity index (χ3v) is 2.91. The number of hydrogen-bond acceptors (Lipinski definition) is 5. The molecule has 1 aromatic heterocycles. The van der Waals surface area contributed by atoms with E-state index in [1.54, 1.807) is 26.2 Å². The Labute approximate surface area is 111 Å². The fourth-order valence-corrected chi connectivity index (χ4v) is 1.82. The second-order valence-electron chi connectivity index (χ2n) is 4.69. The van der Waals surface area contributed by atoms with Crippen molar-refractivity contribution < 1.29 is 9.59 Å². The molecule has 7 heteroatoms. The Bertz CT molecular complexity index is 462. The van der Waals surface area contributed by atoms with Crippen LogP contribution >= 0.6 is 0 Å². The molecule has 0 spiro atoms. The van der Waals surface area contributed by atoms with Gasteiger partial charge in [0.15, 0.2) is 5.69 Å². The first kappa shape index (κ1) is 13.3. The van der Waals surface area contributed by atoms with E-state index in [4.69, 9.17) is 0 Å². The molecule has 2 amide bonds. The molecule has 0 saturated carbocycles. The van der Waals surface area contributed by atoms with E-state index in [9.17, 15) is 9.59 Å². The van der Waals surface area contributed by atoms with Crippen molar-refractivity contribution >= 4 is 17.6 Å². The second kappa shape index (κ2) is 5.64. The van der Waals surface area contributed by atoms with Crippen molar-refractivity contribution in [2.45, 2.75) is 18.9 Å². The fourth-order valence-electron chi connectivity index (χ4n) is 1.82. The van der Waals surface area contributed by atoms with Gasteiger partial charge in [-0.25, -0.2) is 0 Å². The third-order valence-electron chi connectivity index (χ3n) is 2.91. The van der Waals surface area contributed by atoms with Crippen LogP contribution in [0.3, 0.4) is 0 Å². The van der Waals surface area contributed by atoms with Crippen LogP contribution in [0, 0.1) is 0 Å². The van der Waals surface area contributed by atoms with Crippen molar-refractivity contribution in [3.05, 3.63) is 17.8 Å². The van der Waals surface area contributed by atoms with E-state index in [0.717, 1.165) is 6.42 Å². The van der Waals surface area contributed by atoms with E-state index in [-0.39, 0.29) is 17.9 Å². The molecule has 2 N–H and O–H groups in total. The summed E-state index contributed by atoms with van der Waals surface area (Å²) in [7, 11) is 3.34. The highest BCUT2D eigenvalue weighted by Crippen LogP contribution is 2.10. The van der Waals surface area contributed by atoms with Gasteiger partial charge >= 0.3 is 0 Å². The van der Waals surface area contributed by atoms with Gasteiger partial charge in [-0.05, 0) is 18.6 Å². The van der Waals surface area contributed by atoms with Crippen LogP contribution in [0.1, 0.15) is 23.3 Å². The molecule has 0 aromatic carbocycles. The largest absolute Gasteiger partial charge is 0.364 e. The molecular weight excluding hydrogens is 246 g/mol. The predicted octanol–water partition coefficient (Wildman–Crippen LogP) is -0.131. The Balaban J connectivity index is 1.95. The van der Waals surface area contributed by atoms with Crippen molar-refractivity contribution in [2.24, 2.45) is 0 Å². The Morgan fingerprint density at radius 3 is 2.74 bits per heavy atom. The molecule has 1 fully saturated rings. The van der Waals surface area contributed by atoms with E-state index >= 15 is 0 Å². The van der Waals surface area contributed by atoms with Gasteiger partial charge in [-0.1, -0.05) is 0 Å². The van der Waals surface area contributed by atoms with Crippen molar-refractivity contribution in [1.29, 1.82) is 0 Å². The van der Waals surface area contributed by atoms with Crippen LogP contribution in [0.5, 0.6) is 0 Å². The number of carbonyl (C=O) groups excluding carboxylic acids is 2. The number of nitrogens with zero attached hydrogens (tertiary/aromatic N) is 3. The lowest BCUT2D eigenvalue weighted by molar-refractivity contribution is -0.122. The highest BCUT2D eigenvalue weighted by atomic mass is 16.2. The third kappa shape index (κ3) is 3.40. The lowest BCUT2D eigenvalue weighted by Crippen LogP contribution is -2.42. The predicted molar refractivity (Wildman–Crippen MR) is 69.7 cm³/mol. The fraction of sp³-hybridized carbons (Fsp3) is 0.500. The van der Waals surface area contributed by atoms with E-state index in [1.807, 2.05) is 0 Å². The molecule has 1 saturated heterocycles. The Hall–Kier alpha value is -2.18. The normalized spacial score (nSPS) is 18.6. The zero-order valence-electron chi connectivity index (χ0n) is 11.0. The maximum atomic E-state index is 11.6. The van der Waals surface area contributed by atoms with Crippen LogP contribution in [0.2, 0.25) is 0 Å². The van der Waals surface area contributed by atoms with Gasteiger partial charge in [-0.15, -0.1) is 10.2 Å². The molecular formula is C12H17N5O2. The van der Waals surface area contributed by atoms with Gasteiger partial charge in [0, 0.05) is 33.1 Å². The van der Waals surface area contributed by atoms with Gasteiger partial charge < -0.3 is 15.5 Å². The number of aromatic nitrogens is 2. The summed E-state index contributed by atoms with van der Waals surface area (Å²) in [6, 6.07) is 3.52. The summed E-state index contributed by atoms with van der Waals surface area (Å²) < 4.78 is 0. The minimum Gasteiger partial charge on any atom is -0.364 e. The molecule has 1 aliphatic rings. The maximum Gasteiger partial charge on any atom is 0.273 e. The lowest BCUT2D eigenvalue weighted by atomic mass is 10.1. The lowest BCUT2D eigenvalue weighted by Gasteiger charge is -2.23. The quantitative estimate of drug-likeness (QED) is 0.793. The molecule has 1 unspecified atom stereocenters. The van der Waals surface area contributed by atoms with Gasteiger partial charge in [-0.3, -0.25) is 9.59 Å². The average Bonchev–Trinajstić information content (AvgIpc) is 2.41. The van der Waals surface area contributed by atoms with Crippen LogP contribution in [0.15, 0.2) is 12.1 Å². The van der Waals surface area contributed by atoms with Crippen LogP contribution in [-0.4, -0.2) is 53.6 Å². The SMILES string of the molecule is CN(C)C(=O)c1ccc(NC2CCC(=O)NC2)nn1. The first-order valence-electron chi connectivity index (χ1n) is 6.15. The molecule has 102 valence electrons. The van der Waals surface area contributed by atoms with E-state index in [2.05, 4.69) is 20.8 Å². The zero-order chi connectivity index (χ0) is 13.8. The Kier molecular flexibility index (Phi) is 3.94. The molecule has 1 atom stereocenters. The van der Waals surface area contributed by atoms with Gasteiger partial charge in [0.25, 0.3) is 5.91 Å². The van der Waals surface area contributed by atoms with Crippen molar-refractivity contribution in [2.75, 3.05) is 26.0 Å². The summed E-state index contributed by atoms with van der Waals surface area (Å²) in [5.41, 5.74) is 0.312. The Morgan fingerprint density at radius 1 is 1.42 bits per heavy atom. The van der Waals surface area contributed by atoms with Crippen molar-refractivity contribution in [3.63, 3.8) is 0 Å². The maximum absolute atomic E-state index is 11.6. The zero-order valence-corrected chi connectivity index (χ0v) is 11.0. The summed E-state index contributed by atoms with van der Waals surface area (Å²) in [4.78, 5) is 24.1. The molecule has 1 aliphatic heterocycles. The summed E-state index contributed by atoms with van der Waals surface area (Å²) in [6.07, 6.45) is 1.29. The summed E-state index contributed by atoms with van der Waals surface area (Å²) in [5, 5.41) is 13.8. The molecule has 1 aromatic rings. The first-order valence-corrected chi connectivity index (χ1v) is 6.15. The number of nitrogens with one attached hydrogen (secondary N) is 2. The number of hydrogen-bond donors (Lipinski definition) is 2. The minimum atomic E-state index is -0.177. The van der Waals surface area contributed by atoms with Gasteiger partial charge in [0.05, 0.1) is 0 Å². The smallest absolute Gasteiger partial charge is 0.273 e. The van der Waals surface area contributed by atoms with Crippen molar-refractivity contribution in [3.8, 4) is 0 Å². The standard InChI is InChI=1S/C12H17N5O2/c1-17(2)12(19)9-4-5-10(16-15-9)14-8-3-6-11(18)13-7-8/h4-5,8H,3,6-7H2,1-2H3,(H,13,18)(H,14,16). The summed E-state index contributed by atoms with van der Waals surface area (Å²) in [5.74, 6) is 0.511. The van der Waals surface area contributed by atoms with Gasteiger partial charge in [0.2, 0.25) is 5.91 Å². The monoisotopic (exact) mass is 263 g/mol. The summed E-state index contributed by atoms with van der Waals surface area (Å²) in [6.45, 7) is 0.582. The number of amides is 2. The molecule has 19 heavy (non-hydrogen) atoms. The topological polar surface area (TPSA) is 87.2 Å². The molecule has 0 bridgehead atoms. The van der Waals surface area contributed by atoms with Crippen LogP contribution < -0.4 is 10.6 Å². The first-order chi connectivity index (χ1) is 9.06. The van der Waals surface area contributed by atoms with Gasteiger partial charge in [-0.2, -0.15) is 0 Å². The highest BCUT2D eigenvalue weighted by molar-refractivity contribution is 5.91. The average molecular weight is 263 g/mol. The van der Waals surface area contributed by atoms with Crippen molar-refractivity contribution in [1.82, 2.24) is 20.4 Å². The summed E-state index contributed by atoms with van der Waals surface area (Å²) >= 11 is 0. The minimum absolute atomic E-state index is 0.0797. The molecule has 0 aliphatic carbocycles. The van der Waals surface area contributed by atoms with Crippen LogP contribution in [0.25, 0.3) is 0 Å². The van der Waals surface area contributed by atoms with Crippen LogP contribution in [0.4, 0.5) is 5.82 Å². The highest BCUT2D eigenvalue weighted by Gasteiger charge is 2.18. The van der Waals surface area contributed by atoms with E-state index < -0.39 is 0 Å².